The molecule has 0 aliphatic rings. The lowest BCUT2D eigenvalue weighted by Gasteiger charge is -2.21. The molecule has 0 saturated heterocycles. The van der Waals surface area contributed by atoms with Crippen LogP contribution in [0.2, 0.25) is 0 Å². The van der Waals surface area contributed by atoms with Crippen molar-refractivity contribution in [2.45, 2.75) is 31.9 Å². The van der Waals surface area contributed by atoms with Gasteiger partial charge in [0.2, 0.25) is 11.9 Å². The summed E-state index contributed by atoms with van der Waals surface area (Å²) in [5, 5.41) is 35.2. The highest BCUT2D eigenvalue weighted by atomic mass is 16.4. The fourth-order valence-electron chi connectivity index (χ4n) is 1.99. The van der Waals surface area contributed by atoms with Crippen LogP contribution in [0.1, 0.15) is 20.3 Å². The quantitative estimate of drug-likeness (QED) is 0.514. The van der Waals surface area contributed by atoms with Gasteiger partial charge in [0.05, 0.1) is 12.2 Å². The summed E-state index contributed by atoms with van der Waals surface area (Å²) in [6.45, 7) is 2.48. The number of nitrogens with one attached hydrogen (secondary N) is 2. The van der Waals surface area contributed by atoms with Crippen LogP contribution < -0.4 is 10.6 Å². The first-order valence-electron chi connectivity index (χ1n) is 7.69. The number of para-hydroxylation sites is 1. The summed E-state index contributed by atoms with van der Waals surface area (Å²) >= 11 is 0. The molecule has 2 rings (SSSR count). The van der Waals surface area contributed by atoms with E-state index in [2.05, 4.69) is 26.2 Å². The minimum Gasteiger partial charge on any atom is -0.479 e. The molecule has 2 unspecified atom stereocenters. The maximum absolute atomic E-state index is 12.3. The van der Waals surface area contributed by atoms with Crippen LogP contribution in [0.25, 0.3) is 5.69 Å². The molecule has 134 valence electrons. The molecule has 1 amide bonds. The largest absolute Gasteiger partial charge is 0.479 e. The van der Waals surface area contributed by atoms with Crippen LogP contribution in [0, 0.1) is 0 Å². The number of aliphatic hydroxyl groups is 1. The molecule has 0 bridgehead atoms. The summed E-state index contributed by atoms with van der Waals surface area (Å²) in [4.78, 5) is 23.1. The average Bonchev–Trinajstić information content (AvgIpc) is 3.06. The summed E-state index contributed by atoms with van der Waals surface area (Å²) < 4.78 is 1.45. The van der Waals surface area contributed by atoms with Crippen molar-refractivity contribution in [3.05, 3.63) is 30.3 Å². The second-order valence-corrected chi connectivity index (χ2v) is 5.65. The Labute approximate surface area is 143 Å². The zero-order valence-electron chi connectivity index (χ0n) is 13.9. The number of aliphatic carboxylic acids is 1. The molecule has 10 nitrogen and oxygen atoms in total. The minimum atomic E-state index is -2.04. The van der Waals surface area contributed by atoms with E-state index in [1.165, 1.54) is 4.68 Å². The lowest BCUT2D eigenvalue weighted by Crippen LogP contribution is -2.50. The third-order valence-electron chi connectivity index (χ3n) is 3.57. The molecule has 2 aromatic rings. The molecule has 0 radical (unpaired) electrons. The molecule has 0 aliphatic carbocycles. The second kappa shape index (κ2) is 7.71. The topological polar surface area (TPSA) is 142 Å². The number of tetrazole rings is 1. The highest BCUT2D eigenvalue weighted by molar-refractivity contribution is 5.85. The van der Waals surface area contributed by atoms with Crippen molar-refractivity contribution in [3.63, 3.8) is 0 Å². The maximum atomic E-state index is 12.3. The molecule has 0 fully saturated rings. The molecule has 0 saturated carbocycles. The van der Waals surface area contributed by atoms with Gasteiger partial charge in [0.15, 0.2) is 5.60 Å². The number of carboxylic acids is 1. The maximum Gasteiger partial charge on any atom is 0.337 e. The standard InChI is InChI=1S/C15H20N6O4/c1-3-11(12(22)16-9-15(2,25)13(23)24)17-14-18-19-20-21(14)10-7-5-4-6-8-10/h4-8,11,25H,3,9H2,1-2H3,(H,16,22)(H,23,24)(H,17,18,20). The van der Waals surface area contributed by atoms with Gasteiger partial charge < -0.3 is 20.8 Å². The Morgan fingerprint density at radius 1 is 1.32 bits per heavy atom. The van der Waals surface area contributed by atoms with Crippen LogP contribution in [0.4, 0.5) is 5.95 Å². The predicted molar refractivity (Wildman–Crippen MR) is 88.1 cm³/mol. The van der Waals surface area contributed by atoms with E-state index in [1.54, 1.807) is 6.92 Å². The van der Waals surface area contributed by atoms with Gasteiger partial charge in [0.1, 0.15) is 6.04 Å². The number of amides is 1. The van der Waals surface area contributed by atoms with E-state index >= 15 is 0 Å². The van der Waals surface area contributed by atoms with Crippen molar-refractivity contribution >= 4 is 17.8 Å². The highest BCUT2D eigenvalue weighted by Crippen LogP contribution is 2.12. The van der Waals surface area contributed by atoms with Gasteiger partial charge in [0, 0.05) is 0 Å². The van der Waals surface area contributed by atoms with Crippen LogP contribution >= 0.6 is 0 Å². The molecule has 1 aromatic carbocycles. The average molecular weight is 348 g/mol. The Bertz CT molecular complexity index is 731. The van der Waals surface area contributed by atoms with E-state index in [0.29, 0.717) is 6.42 Å². The molecule has 10 heteroatoms. The first kappa shape index (κ1) is 18.3. The number of hydrogen-bond donors (Lipinski definition) is 4. The lowest BCUT2D eigenvalue weighted by molar-refractivity contribution is -0.156. The van der Waals surface area contributed by atoms with E-state index in [9.17, 15) is 14.7 Å². The number of anilines is 1. The van der Waals surface area contributed by atoms with Gasteiger partial charge in [-0.05, 0) is 35.9 Å². The molecule has 25 heavy (non-hydrogen) atoms. The SMILES string of the molecule is CCC(Nc1nnnn1-c1ccccc1)C(=O)NCC(C)(O)C(=O)O. The Balaban J connectivity index is 2.07. The van der Waals surface area contributed by atoms with Gasteiger partial charge in [-0.3, -0.25) is 4.79 Å². The van der Waals surface area contributed by atoms with E-state index in [1.807, 2.05) is 30.3 Å². The fourth-order valence-corrected chi connectivity index (χ4v) is 1.99. The van der Waals surface area contributed by atoms with Crippen molar-refractivity contribution in [2.24, 2.45) is 0 Å². The molecule has 1 heterocycles. The molecule has 0 aliphatic heterocycles. The van der Waals surface area contributed by atoms with Crippen LogP contribution in [0.15, 0.2) is 30.3 Å². The van der Waals surface area contributed by atoms with Crippen molar-refractivity contribution in [1.29, 1.82) is 0 Å². The Morgan fingerprint density at radius 2 is 2.00 bits per heavy atom. The van der Waals surface area contributed by atoms with Crippen LogP contribution in [-0.2, 0) is 9.59 Å². The Morgan fingerprint density at radius 3 is 2.60 bits per heavy atom. The number of carbonyl (C=O) groups is 2. The smallest absolute Gasteiger partial charge is 0.337 e. The molecule has 1 aromatic heterocycles. The number of rotatable bonds is 8. The van der Waals surface area contributed by atoms with Gasteiger partial charge in [-0.15, -0.1) is 0 Å². The zero-order chi connectivity index (χ0) is 18.4. The summed E-state index contributed by atoms with van der Waals surface area (Å²) in [6, 6.07) is 8.45. The number of carboxylic acid groups (broad SMARTS) is 1. The zero-order valence-corrected chi connectivity index (χ0v) is 13.9. The van der Waals surface area contributed by atoms with Gasteiger partial charge in [-0.2, -0.15) is 4.68 Å². The van der Waals surface area contributed by atoms with Crippen molar-refractivity contribution in [3.8, 4) is 5.69 Å². The molecule has 2 atom stereocenters. The summed E-state index contributed by atoms with van der Waals surface area (Å²) in [5.41, 5.74) is -1.32. The van der Waals surface area contributed by atoms with Gasteiger partial charge in [-0.1, -0.05) is 30.2 Å². The number of benzene rings is 1. The van der Waals surface area contributed by atoms with Crippen LogP contribution in [0.5, 0.6) is 0 Å². The Hall–Kier alpha value is -3.01. The normalized spacial score (nSPS) is 14.4. The number of hydrogen-bond acceptors (Lipinski definition) is 7. The molecule has 4 N–H and O–H groups in total. The number of nitrogens with zero attached hydrogens (tertiary/aromatic N) is 4. The van der Waals surface area contributed by atoms with Gasteiger partial charge in [-0.25, -0.2) is 4.79 Å². The lowest BCUT2D eigenvalue weighted by atomic mass is 10.1. The van der Waals surface area contributed by atoms with Crippen LogP contribution in [0.3, 0.4) is 0 Å². The van der Waals surface area contributed by atoms with Gasteiger partial charge in [0.25, 0.3) is 0 Å². The van der Waals surface area contributed by atoms with Crippen molar-refractivity contribution < 1.29 is 19.8 Å². The number of aromatic nitrogens is 4. The first-order valence-corrected chi connectivity index (χ1v) is 7.69. The monoisotopic (exact) mass is 348 g/mol. The minimum absolute atomic E-state index is 0.276. The summed E-state index contributed by atoms with van der Waals surface area (Å²) in [5.74, 6) is -1.60. The van der Waals surface area contributed by atoms with Crippen molar-refractivity contribution in [2.75, 3.05) is 11.9 Å². The van der Waals surface area contributed by atoms with E-state index in [0.717, 1.165) is 12.6 Å². The summed E-state index contributed by atoms with van der Waals surface area (Å²) in [7, 11) is 0. The van der Waals surface area contributed by atoms with Crippen molar-refractivity contribution in [1.82, 2.24) is 25.5 Å². The molecular formula is C15H20N6O4. The second-order valence-electron chi connectivity index (χ2n) is 5.65. The van der Waals surface area contributed by atoms with E-state index in [-0.39, 0.29) is 5.95 Å². The third kappa shape index (κ3) is 4.51. The van der Waals surface area contributed by atoms with Crippen LogP contribution in [-0.4, -0.2) is 60.5 Å². The summed E-state index contributed by atoms with van der Waals surface area (Å²) in [6.07, 6.45) is 0.405. The Kier molecular flexibility index (Phi) is 5.65. The third-order valence-corrected chi connectivity index (χ3v) is 3.57. The van der Waals surface area contributed by atoms with E-state index in [4.69, 9.17) is 5.11 Å². The van der Waals surface area contributed by atoms with Gasteiger partial charge >= 0.3 is 5.97 Å². The highest BCUT2D eigenvalue weighted by Gasteiger charge is 2.31. The molecule has 0 spiro atoms. The first-order chi connectivity index (χ1) is 11.8. The molecular weight excluding hydrogens is 328 g/mol. The predicted octanol–water partition coefficient (Wildman–Crippen LogP) is -0.195. The fraction of sp³-hybridized carbons (Fsp3) is 0.400. The van der Waals surface area contributed by atoms with E-state index < -0.39 is 30.1 Å². The number of carbonyl (C=O) groups excluding carboxylic acids is 1.